The van der Waals surface area contributed by atoms with Crippen molar-refractivity contribution in [3.63, 3.8) is 0 Å². The van der Waals surface area contributed by atoms with Crippen LogP contribution in [0.2, 0.25) is 0 Å². The van der Waals surface area contributed by atoms with Gasteiger partial charge in [0.05, 0.1) is 6.10 Å². The first-order chi connectivity index (χ1) is 9.15. The first kappa shape index (κ1) is 13.4. The minimum absolute atomic E-state index is 0.0782. The fourth-order valence-electron chi connectivity index (χ4n) is 1.81. The highest BCUT2D eigenvalue weighted by atomic mass is 16.3. The Balaban J connectivity index is 2.01. The average molecular weight is 258 g/mol. The highest BCUT2D eigenvalue weighted by molar-refractivity contribution is 5.90. The quantitative estimate of drug-likeness (QED) is 0.866. The Hall–Kier alpha value is -2.07. The second-order valence-corrected chi connectivity index (χ2v) is 4.58. The van der Waals surface area contributed by atoms with Gasteiger partial charge in [0.25, 0.3) is 0 Å². The number of nitrogens with one attached hydrogen (secondary N) is 1. The van der Waals surface area contributed by atoms with Crippen LogP contribution in [-0.2, 0) is 4.79 Å². The number of benzene rings is 1. The number of carbonyl (C=O) groups excluding carboxylic acids is 1. The highest BCUT2D eigenvalue weighted by Crippen LogP contribution is 2.15. The molecular formula is C15H18N2O2. The predicted octanol–water partition coefficient (Wildman–Crippen LogP) is 2.58. The molecule has 0 saturated carbocycles. The van der Waals surface area contributed by atoms with Gasteiger partial charge in [-0.2, -0.15) is 0 Å². The molecule has 1 unspecified atom stereocenters. The third kappa shape index (κ3) is 3.96. The molecule has 19 heavy (non-hydrogen) atoms. The number of aliphatic hydroxyl groups excluding tert-OH is 1. The van der Waals surface area contributed by atoms with Gasteiger partial charge in [0, 0.05) is 30.2 Å². The summed E-state index contributed by atoms with van der Waals surface area (Å²) in [4.78, 5) is 11.7. The SMILES string of the molecule is CC(O)CCC(=O)Nc1cccc(-n2cccc2)c1. The Bertz CT molecular complexity index is 533. The monoisotopic (exact) mass is 258 g/mol. The molecule has 0 spiro atoms. The zero-order valence-corrected chi connectivity index (χ0v) is 10.9. The van der Waals surface area contributed by atoms with E-state index in [1.165, 1.54) is 0 Å². The van der Waals surface area contributed by atoms with Gasteiger partial charge >= 0.3 is 0 Å². The average Bonchev–Trinajstić information content (AvgIpc) is 2.90. The molecule has 1 atom stereocenters. The molecule has 2 rings (SSSR count). The van der Waals surface area contributed by atoms with E-state index < -0.39 is 6.10 Å². The second-order valence-electron chi connectivity index (χ2n) is 4.58. The smallest absolute Gasteiger partial charge is 0.224 e. The lowest BCUT2D eigenvalue weighted by Crippen LogP contribution is -2.14. The van der Waals surface area contributed by atoms with Crippen LogP contribution >= 0.6 is 0 Å². The molecule has 0 aliphatic heterocycles. The van der Waals surface area contributed by atoms with Crippen molar-refractivity contribution in [2.24, 2.45) is 0 Å². The molecule has 4 heteroatoms. The van der Waals surface area contributed by atoms with Crippen LogP contribution in [0.1, 0.15) is 19.8 Å². The van der Waals surface area contributed by atoms with Gasteiger partial charge in [-0.3, -0.25) is 4.79 Å². The van der Waals surface area contributed by atoms with Crippen LogP contribution < -0.4 is 5.32 Å². The molecule has 0 aliphatic rings. The van der Waals surface area contributed by atoms with Crippen molar-refractivity contribution < 1.29 is 9.90 Å². The van der Waals surface area contributed by atoms with Gasteiger partial charge in [-0.25, -0.2) is 0 Å². The van der Waals surface area contributed by atoms with E-state index in [1.807, 2.05) is 53.4 Å². The molecule has 0 fully saturated rings. The lowest BCUT2D eigenvalue weighted by atomic mass is 10.2. The third-order valence-electron chi connectivity index (χ3n) is 2.82. The molecule has 1 heterocycles. The molecule has 0 aliphatic carbocycles. The number of aromatic nitrogens is 1. The van der Waals surface area contributed by atoms with Crippen LogP contribution in [0.4, 0.5) is 5.69 Å². The topological polar surface area (TPSA) is 54.3 Å². The second kappa shape index (κ2) is 6.20. The van der Waals surface area contributed by atoms with Gasteiger partial charge in [-0.1, -0.05) is 6.07 Å². The fraction of sp³-hybridized carbons (Fsp3) is 0.267. The minimum atomic E-state index is -0.447. The van der Waals surface area contributed by atoms with Gasteiger partial charge in [0.15, 0.2) is 0 Å². The molecule has 0 bridgehead atoms. The van der Waals surface area contributed by atoms with E-state index in [9.17, 15) is 4.79 Å². The number of hydrogen-bond donors (Lipinski definition) is 2. The normalized spacial score (nSPS) is 12.1. The van der Waals surface area contributed by atoms with Crippen molar-refractivity contribution in [3.8, 4) is 5.69 Å². The Morgan fingerprint density at radius 2 is 2.05 bits per heavy atom. The van der Waals surface area contributed by atoms with Gasteiger partial charge in [0.1, 0.15) is 0 Å². The summed E-state index contributed by atoms with van der Waals surface area (Å²) in [5, 5.41) is 12.0. The van der Waals surface area contributed by atoms with Gasteiger partial charge in [-0.15, -0.1) is 0 Å². The molecule has 2 aromatic rings. The van der Waals surface area contributed by atoms with Crippen molar-refractivity contribution in [2.45, 2.75) is 25.9 Å². The van der Waals surface area contributed by atoms with E-state index in [4.69, 9.17) is 5.11 Å². The minimum Gasteiger partial charge on any atom is -0.393 e. The van der Waals surface area contributed by atoms with Gasteiger partial charge < -0.3 is 15.0 Å². The standard InChI is InChI=1S/C15H18N2O2/c1-12(18)7-8-15(19)16-13-5-4-6-14(11-13)17-9-2-3-10-17/h2-6,9-12,18H,7-8H2,1H3,(H,16,19). The largest absolute Gasteiger partial charge is 0.393 e. The molecule has 4 nitrogen and oxygen atoms in total. The lowest BCUT2D eigenvalue weighted by molar-refractivity contribution is -0.116. The van der Waals surface area contributed by atoms with Crippen molar-refractivity contribution in [1.82, 2.24) is 4.57 Å². The van der Waals surface area contributed by atoms with Gasteiger partial charge in [0.2, 0.25) is 5.91 Å². The Morgan fingerprint density at radius 1 is 1.32 bits per heavy atom. The predicted molar refractivity (Wildman–Crippen MR) is 75.3 cm³/mol. The zero-order valence-electron chi connectivity index (χ0n) is 10.9. The Labute approximate surface area is 112 Å². The van der Waals surface area contributed by atoms with Crippen LogP contribution in [-0.4, -0.2) is 21.7 Å². The highest BCUT2D eigenvalue weighted by Gasteiger charge is 2.05. The van der Waals surface area contributed by atoms with E-state index in [1.54, 1.807) is 6.92 Å². The first-order valence-corrected chi connectivity index (χ1v) is 6.36. The molecule has 1 aromatic heterocycles. The summed E-state index contributed by atoms with van der Waals surface area (Å²) in [6.45, 7) is 1.68. The number of hydrogen-bond acceptors (Lipinski definition) is 2. The molecule has 0 saturated heterocycles. The van der Waals surface area contributed by atoms with E-state index in [0.717, 1.165) is 11.4 Å². The number of carbonyl (C=O) groups is 1. The van der Waals surface area contributed by atoms with Crippen molar-refractivity contribution >= 4 is 11.6 Å². The summed E-state index contributed by atoms with van der Waals surface area (Å²) in [6, 6.07) is 11.6. The number of anilines is 1. The lowest BCUT2D eigenvalue weighted by Gasteiger charge is -2.09. The van der Waals surface area contributed by atoms with E-state index >= 15 is 0 Å². The molecule has 0 radical (unpaired) electrons. The molecule has 100 valence electrons. The zero-order chi connectivity index (χ0) is 13.7. The van der Waals surface area contributed by atoms with E-state index in [0.29, 0.717) is 12.8 Å². The summed E-state index contributed by atoms with van der Waals surface area (Å²) < 4.78 is 1.98. The summed E-state index contributed by atoms with van der Waals surface area (Å²) in [5.74, 6) is -0.0782. The van der Waals surface area contributed by atoms with Gasteiger partial charge in [-0.05, 0) is 43.7 Å². The Kier molecular flexibility index (Phi) is 4.36. The molecule has 1 aromatic carbocycles. The van der Waals surface area contributed by atoms with E-state index in [-0.39, 0.29) is 5.91 Å². The maximum atomic E-state index is 11.7. The number of aliphatic hydroxyl groups is 1. The van der Waals surface area contributed by atoms with E-state index in [2.05, 4.69) is 5.32 Å². The van der Waals surface area contributed by atoms with Crippen LogP contribution in [0, 0.1) is 0 Å². The van der Waals surface area contributed by atoms with Crippen molar-refractivity contribution in [2.75, 3.05) is 5.32 Å². The third-order valence-corrected chi connectivity index (χ3v) is 2.82. The summed E-state index contributed by atoms with van der Waals surface area (Å²) in [7, 11) is 0. The summed E-state index contributed by atoms with van der Waals surface area (Å²) >= 11 is 0. The molecule has 1 amide bonds. The molecule has 2 N–H and O–H groups in total. The van der Waals surface area contributed by atoms with Crippen molar-refractivity contribution in [3.05, 3.63) is 48.8 Å². The number of rotatable bonds is 5. The number of nitrogens with zero attached hydrogens (tertiary/aromatic N) is 1. The van der Waals surface area contributed by atoms with Crippen LogP contribution in [0.15, 0.2) is 48.8 Å². The fourth-order valence-corrected chi connectivity index (χ4v) is 1.81. The van der Waals surface area contributed by atoms with Crippen LogP contribution in [0.3, 0.4) is 0 Å². The summed E-state index contributed by atoms with van der Waals surface area (Å²) in [6.07, 6.45) is 4.26. The maximum Gasteiger partial charge on any atom is 0.224 e. The Morgan fingerprint density at radius 3 is 2.74 bits per heavy atom. The summed E-state index contributed by atoms with van der Waals surface area (Å²) in [5.41, 5.74) is 1.76. The number of amides is 1. The molecular weight excluding hydrogens is 240 g/mol. The first-order valence-electron chi connectivity index (χ1n) is 6.36. The van der Waals surface area contributed by atoms with Crippen LogP contribution in [0.25, 0.3) is 5.69 Å². The maximum absolute atomic E-state index is 11.7. The van der Waals surface area contributed by atoms with Crippen LogP contribution in [0.5, 0.6) is 0 Å². The van der Waals surface area contributed by atoms with Crippen molar-refractivity contribution in [1.29, 1.82) is 0 Å².